The van der Waals surface area contributed by atoms with E-state index >= 15 is 0 Å². The van der Waals surface area contributed by atoms with Crippen LogP contribution in [0.25, 0.3) is 0 Å². The van der Waals surface area contributed by atoms with Crippen molar-refractivity contribution in [2.24, 2.45) is 10.9 Å². The Balaban J connectivity index is 2.61. The van der Waals surface area contributed by atoms with E-state index in [4.69, 9.17) is 0 Å². The first-order valence-corrected chi connectivity index (χ1v) is 6.49. The maximum atomic E-state index is 11.9. The number of carbonyl (C=O) groups excluding carboxylic acids is 1. The molecule has 1 unspecified atom stereocenters. The summed E-state index contributed by atoms with van der Waals surface area (Å²) in [5, 5.41) is 11.9. The molecule has 0 aromatic rings. The van der Waals surface area contributed by atoms with Crippen LogP contribution in [0.1, 0.15) is 34.1 Å². The quantitative estimate of drug-likeness (QED) is 0.535. The van der Waals surface area contributed by atoms with Crippen molar-refractivity contribution in [3.05, 3.63) is 28.8 Å². The van der Waals surface area contributed by atoms with Gasteiger partial charge in [-0.2, -0.15) is 4.90 Å². The van der Waals surface area contributed by atoms with E-state index in [1.165, 1.54) is 18.2 Å². The van der Waals surface area contributed by atoms with Gasteiger partial charge in [0.1, 0.15) is 6.04 Å². The summed E-state index contributed by atoms with van der Waals surface area (Å²) in [7, 11) is 0. The van der Waals surface area contributed by atoms with E-state index < -0.39 is 0 Å². The fraction of sp³-hybridized carbons (Fsp3) is 0.500. The molecule has 2 heterocycles. The van der Waals surface area contributed by atoms with Crippen LogP contribution in [-0.2, 0) is 4.79 Å². The summed E-state index contributed by atoms with van der Waals surface area (Å²) < 4.78 is 0.831. The first-order valence-electron chi connectivity index (χ1n) is 6.49. The number of hydrogen-bond donors (Lipinski definition) is 0. The molecule has 0 aliphatic carbocycles. The highest BCUT2D eigenvalue weighted by atomic mass is 16.5. The van der Waals surface area contributed by atoms with Crippen molar-refractivity contribution in [1.29, 1.82) is 0 Å². The number of allylic oxidation sites excluding steroid dienone is 2. The molecule has 0 bridgehead atoms. The molecule has 1 atom stereocenters. The Morgan fingerprint density at radius 2 is 2.26 bits per heavy atom. The summed E-state index contributed by atoms with van der Waals surface area (Å²) in [6.07, 6.45) is 5.66. The average molecular weight is 261 g/mol. The highest BCUT2D eigenvalue weighted by Gasteiger charge is 2.36. The van der Waals surface area contributed by atoms with Crippen molar-refractivity contribution < 1.29 is 9.53 Å². The molecule has 5 nitrogen and oxygen atoms in total. The van der Waals surface area contributed by atoms with E-state index in [9.17, 15) is 10.0 Å². The molecule has 2 rings (SSSR count). The average Bonchev–Trinajstić information content (AvgIpc) is 2.56. The third-order valence-electron chi connectivity index (χ3n) is 3.45. The second-order valence-electron chi connectivity index (χ2n) is 5.17. The zero-order chi connectivity index (χ0) is 14.2. The Hall–Kier alpha value is -1.91. The van der Waals surface area contributed by atoms with Crippen molar-refractivity contribution in [3.8, 4) is 0 Å². The molecule has 0 aromatic heterocycles. The molecule has 2 aliphatic heterocycles. The van der Waals surface area contributed by atoms with Gasteiger partial charge in [0.2, 0.25) is 6.34 Å². The third-order valence-corrected chi connectivity index (χ3v) is 3.45. The first kappa shape index (κ1) is 13.5. The monoisotopic (exact) mass is 261 g/mol. The zero-order valence-corrected chi connectivity index (χ0v) is 11.8. The van der Waals surface area contributed by atoms with Gasteiger partial charge in [-0.1, -0.05) is 19.9 Å². The number of aliphatic imine (C=N–C) groups is 1. The molecule has 0 radical (unpaired) electrons. The topological polar surface area (TPSA) is 58.7 Å². The van der Waals surface area contributed by atoms with E-state index in [0.717, 1.165) is 21.7 Å². The van der Waals surface area contributed by atoms with E-state index in [-0.39, 0.29) is 17.9 Å². The molecule has 0 fully saturated rings. The largest absolute Gasteiger partial charge is 0.715 e. The number of nitrogens with zero attached hydrogens (tertiary/aromatic N) is 3. The highest BCUT2D eigenvalue weighted by Crippen LogP contribution is 2.28. The molecule has 5 heteroatoms. The normalized spacial score (nSPS) is 23.0. The van der Waals surface area contributed by atoms with Gasteiger partial charge in [-0.3, -0.25) is 9.73 Å². The lowest BCUT2D eigenvalue weighted by molar-refractivity contribution is -0.488. The summed E-state index contributed by atoms with van der Waals surface area (Å²) in [6.45, 7) is 7.39. The van der Waals surface area contributed by atoms with Crippen LogP contribution in [0.4, 0.5) is 0 Å². The van der Waals surface area contributed by atoms with Gasteiger partial charge in [0.25, 0.3) is 0 Å². The van der Waals surface area contributed by atoms with Crippen LogP contribution in [0.3, 0.4) is 0 Å². The van der Waals surface area contributed by atoms with Crippen LogP contribution in [0.2, 0.25) is 0 Å². The van der Waals surface area contributed by atoms with Gasteiger partial charge in [-0.15, -0.1) is 0 Å². The Kier molecular flexibility index (Phi) is 3.55. The van der Waals surface area contributed by atoms with Gasteiger partial charge in [0, 0.05) is 18.7 Å². The van der Waals surface area contributed by atoms with Crippen molar-refractivity contribution in [1.82, 2.24) is 4.90 Å². The van der Waals surface area contributed by atoms with Gasteiger partial charge < -0.3 is 5.21 Å². The van der Waals surface area contributed by atoms with E-state index in [1.54, 1.807) is 6.20 Å². The number of hydroxylamine groups is 1. The first-order chi connectivity index (χ1) is 8.93. The predicted octanol–water partition coefficient (Wildman–Crippen LogP) is 2.04. The Morgan fingerprint density at radius 1 is 1.58 bits per heavy atom. The molecule has 2 aliphatic rings. The lowest BCUT2D eigenvalue weighted by atomic mass is 9.94. The minimum absolute atomic E-state index is 0.171. The van der Waals surface area contributed by atoms with E-state index in [2.05, 4.69) is 4.99 Å². The summed E-state index contributed by atoms with van der Waals surface area (Å²) in [6, 6.07) is -0.266. The van der Waals surface area contributed by atoms with Crippen molar-refractivity contribution in [2.75, 3.05) is 0 Å². The summed E-state index contributed by atoms with van der Waals surface area (Å²) in [5.74, 6) is 0.0175. The van der Waals surface area contributed by atoms with E-state index in [0.29, 0.717) is 6.42 Å². The van der Waals surface area contributed by atoms with E-state index in [1.807, 2.05) is 26.8 Å². The summed E-state index contributed by atoms with van der Waals surface area (Å²) >= 11 is 0. The van der Waals surface area contributed by atoms with Gasteiger partial charge in [-0.25, -0.2) is 4.79 Å². The molecule has 0 aromatic carbocycles. The molecule has 0 saturated carbocycles. The Morgan fingerprint density at radius 3 is 2.84 bits per heavy atom. The number of carbonyl (C=O) groups is 1. The minimum atomic E-state index is -0.266. The lowest BCUT2D eigenvalue weighted by Crippen LogP contribution is -2.43. The fourth-order valence-corrected chi connectivity index (χ4v) is 2.37. The van der Waals surface area contributed by atoms with Gasteiger partial charge in [0.15, 0.2) is 5.70 Å². The van der Waals surface area contributed by atoms with Crippen LogP contribution in [0, 0.1) is 11.1 Å². The van der Waals surface area contributed by atoms with Crippen LogP contribution in [-0.4, -0.2) is 33.6 Å². The number of amides is 1. The van der Waals surface area contributed by atoms with Crippen LogP contribution < -0.4 is 0 Å². The Bertz CT molecular complexity index is 527. The van der Waals surface area contributed by atoms with Gasteiger partial charge >= 0.3 is 5.91 Å². The molecule has 102 valence electrons. The third kappa shape index (κ3) is 2.32. The van der Waals surface area contributed by atoms with Gasteiger partial charge in [0.05, 0.1) is 5.71 Å². The summed E-state index contributed by atoms with van der Waals surface area (Å²) in [4.78, 5) is 17.7. The molecule has 0 N–H and O–H groups in total. The number of hydrogen-bond acceptors (Lipinski definition) is 3. The van der Waals surface area contributed by atoms with Crippen molar-refractivity contribution >= 4 is 18.0 Å². The minimum Gasteiger partial charge on any atom is -0.715 e. The molecule has 19 heavy (non-hydrogen) atoms. The molecule has 1 amide bonds. The predicted molar refractivity (Wildman–Crippen MR) is 74.7 cm³/mol. The lowest BCUT2D eigenvalue weighted by Gasteiger charge is -2.30. The molecule has 0 spiro atoms. The highest BCUT2D eigenvalue weighted by molar-refractivity contribution is 6.08. The maximum absolute atomic E-state index is 11.9. The fourth-order valence-electron chi connectivity index (χ4n) is 2.37. The standard InChI is InChI=1S/C14H19N3O2/c1-9(2)13-14-12(6-5-7-15-13)10(3)17(19)8-16(14)11(4)18/h5,7-10H,6H2,1-4H3. The zero-order valence-electron chi connectivity index (χ0n) is 11.8. The van der Waals surface area contributed by atoms with Crippen molar-refractivity contribution in [3.63, 3.8) is 0 Å². The van der Waals surface area contributed by atoms with Crippen LogP contribution >= 0.6 is 0 Å². The second kappa shape index (κ2) is 4.99. The summed E-state index contributed by atoms with van der Waals surface area (Å²) in [5.41, 5.74) is 2.61. The molecule has 0 saturated heterocycles. The number of rotatable bonds is 1. The smallest absolute Gasteiger partial charge is 0.311 e. The van der Waals surface area contributed by atoms with Gasteiger partial charge in [-0.05, 0) is 19.3 Å². The van der Waals surface area contributed by atoms with Crippen LogP contribution in [0.5, 0.6) is 0 Å². The SMILES string of the molecule is CC(=O)N1C=[N+]([O-])C(C)C2=C1C(C(C)C)=NC=CC2. The molecular weight excluding hydrogens is 242 g/mol. The molecular formula is C14H19N3O2. The van der Waals surface area contributed by atoms with Crippen LogP contribution in [0.15, 0.2) is 28.5 Å². The maximum Gasteiger partial charge on any atom is 0.311 e. The Labute approximate surface area is 113 Å². The van der Waals surface area contributed by atoms with Crippen molar-refractivity contribution in [2.45, 2.75) is 40.2 Å². The second-order valence-corrected chi connectivity index (χ2v) is 5.17.